The topological polar surface area (TPSA) is 69.3 Å². The van der Waals surface area contributed by atoms with E-state index in [1.165, 1.54) is 12.3 Å². The number of carbonyl (C=O) groups is 1. The molecule has 1 N–H and O–H groups in total. The first-order valence-electron chi connectivity index (χ1n) is 7.40. The van der Waals surface area contributed by atoms with Crippen LogP contribution in [0.15, 0.2) is 35.4 Å². The van der Waals surface area contributed by atoms with Crippen molar-refractivity contribution in [2.24, 2.45) is 0 Å². The van der Waals surface area contributed by atoms with E-state index in [2.05, 4.69) is 14.9 Å². The molecule has 1 amide bonds. The number of H-pyrrole nitrogens is 1. The van der Waals surface area contributed by atoms with Gasteiger partial charge in [-0.05, 0) is 24.6 Å². The Hall–Kier alpha value is -2.34. The van der Waals surface area contributed by atoms with Gasteiger partial charge in [0.1, 0.15) is 5.82 Å². The van der Waals surface area contributed by atoms with Crippen LogP contribution < -0.4 is 10.5 Å². The van der Waals surface area contributed by atoms with E-state index in [0.717, 1.165) is 5.82 Å². The highest BCUT2D eigenvalue weighted by Gasteiger charge is 2.24. The van der Waals surface area contributed by atoms with Crippen LogP contribution in [0.25, 0.3) is 0 Å². The molecule has 1 saturated heterocycles. The van der Waals surface area contributed by atoms with Crippen LogP contribution >= 0.6 is 11.6 Å². The van der Waals surface area contributed by atoms with Crippen LogP contribution in [0.1, 0.15) is 15.9 Å². The second-order valence-electron chi connectivity index (χ2n) is 5.51. The molecule has 6 nitrogen and oxygen atoms in total. The Morgan fingerprint density at radius 3 is 2.65 bits per heavy atom. The standard InChI is InChI=1S/C16H17ClN4O2/c1-11-8-15(22)19-10-13(11)16(23)21-6-4-20(5-7-21)14-9-12(17)2-3-18-14/h2-3,8-10H,4-7H2,1H3,(H,19,22). The Labute approximate surface area is 138 Å². The third-order valence-electron chi connectivity index (χ3n) is 3.96. The minimum absolute atomic E-state index is 0.0579. The summed E-state index contributed by atoms with van der Waals surface area (Å²) in [5.74, 6) is 0.766. The van der Waals surface area contributed by atoms with Gasteiger partial charge in [0.2, 0.25) is 5.56 Å². The average Bonchev–Trinajstić information content (AvgIpc) is 2.54. The predicted molar refractivity (Wildman–Crippen MR) is 89.2 cm³/mol. The molecule has 7 heteroatoms. The van der Waals surface area contributed by atoms with Gasteiger partial charge >= 0.3 is 0 Å². The molecule has 2 aromatic heterocycles. The molecule has 3 rings (SSSR count). The predicted octanol–water partition coefficient (Wildman–Crippen LogP) is 1.69. The minimum Gasteiger partial charge on any atom is -0.353 e. The molecule has 23 heavy (non-hydrogen) atoms. The molecule has 3 heterocycles. The third kappa shape index (κ3) is 3.37. The van der Waals surface area contributed by atoms with E-state index in [9.17, 15) is 9.59 Å². The van der Waals surface area contributed by atoms with Crippen LogP contribution in [0.3, 0.4) is 0 Å². The molecule has 0 spiro atoms. The Morgan fingerprint density at radius 1 is 1.26 bits per heavy atom. The molecule has 0 unspecified atom stereocenters. The second-order valence-corrected chi connectivity index (χ2v) is 5.94. The number of aromatic amines is 1. The molecule has 0 bridgehead atoms. The number of carbonyl (C=O) groups excluding carboxylic acids is 1. The summed E-state index contributed by atoms with van der Waals surface area (Å²) in [4.78, 5) is 34.6. The van der Waals surface area contributed by atoms with Crippen LogP contribution in [-0.4, -0.2) is 47.0 Å². The molecule has 0 aliphatic carbocycles. The Bertz CT molecular complexity index is 782. The van der Waals surface area contributed by atoms with Gasteiger partial charge in [-0.1, -0.05) is 11.6 Å². The van der Waals surface area contributed by atoms with Gasteiger partial charge in [-0.2, -0.15) is 0 Å². The molecule has 0 atom stereocenters. The van der Waals surface area contributed by atoms with Crippen molar-refractivity contribution in [3.8, 4) is 0 Å². The summed E-state index contributed by atoms with van der Waals surface area (Å²) in [7, 11) is 0. The number of halogens is 1. The molecule has 1 aliphatic heterocycles. The van der Waals surface area contributed by atoms with Gasteiger partial charge in [0.05, 0.1) is 5.56 Å². The number of amides is 1. The SMILES string of the molecule is Cc1cc(=O)[nH]cc1C(=O)N1CCN(c2cc(Cl)ccn2)CC1. The maximum atomic E-state index is 12.6. The zero-order valence-electron chi connectivity index (χ0n) is 12.8. The number of piperazine rings is 1. The first-order valence-corrected chi connectivity index (χ1v) is 7.77. The summed E-state index contributed by atoms with van der Waals surface area (Å²) in [6.07, 6.45) is 3.17. The van der Waals surface area contributed by atoms with E-state index in [1.807, 2.05) is 6.07 Å². The number of aryl methyl sites for hydroxylation is 1. The summed E-state index contributed by atoms with van der Waals surface area (Å²) in [6, 6.07) is 5.01. The lowest BCUT2D eigenvalue weighted by Crippen LogP contribution is -2.49. The molecule has 1 aliphatic rings. The number of aromatic nitrogens is 2. The maximum Gasteiger partial charge on any atom is 0.255 e. The lowest BCUT2D eigenvalue weighted by atomic mass is 10.1. The fraction of sp³-hybridized carbons (Fsp3) is 0.312. The molecule has 0 aromatic carbocycles. The molecule has 2 aromatic rings. The third-order valence-corrected chi connectivity index (χ3v) is 4.20. The normalized spacial score (nSPS) is 14.9. The monoisotopic (exact) mass is 332 g/mol. The Balaban J connectivity index is 1.69. The van der Waals surface area contributed by atoms with E-state index in [0.29, 0.717) is 42.3 Å². The fourth-order valence-electron chi connectivity index (χ4n) is 2.68. The smallest absolute Gasteiger partial charge is 0.255 e. The van der Waals surface area contributed by atoms with E-state index >= 15 is 0 Å². The van der Waals surface area contributed by atoms with Crippen LogP contribution in [-0.2, 0) is 0 Å². The van der Waals surface area contributed by atoms with Gasteiger partial charge in [0, 0.05) is 49.7 Å². The second kappa shape index (κ2) is 6.42. The molecule has 0 radical (unpaired) electrons. The average molecular weight is 333 g/mol. The van der Waals surface area contributed by atoms with Gasteiger partial charge in [-0.25, -0.2) is 4.98 Å². The maximum absolute atomic E-state index is 12.6. The molecular weight excluding hydrogens is 316 g/mol. The van der Waals surface area contributed by atoms with E-state index < -0.39 is 0 Å². The fourth-order valence-corrected chi connectivity index (χ4v) is 2.83. The number of nitrogens with one attached hydrogen (secondary N) is 1. The van der Waals surface area contributed by atoms with Crippen molar-refractivity contribution in [1.82, 2.24) is 14.9 Å². The van der Waals surface area contributed by atoms with Gasteiger partial charge in [-0.15, -0.1) is 0 Å². The van der Waals surface area contributed by atoms with Gasteiger partial charge in [0.25, 0.3) is 5.91 Å². The zero-order chi connectivity index (χ0) is 16.4. The van der Waals surface area contributed by atoms with Crippen LogP contribution in [0, 0.1) is 6.92 Å². The van der Waals surface area contributed by atoms with Crippen molar-refractivity contribution < 1.29 is 4.79 Å². The summed E-state index contributed by atoms with van der Waals surface area (Å²) in [6.45, 7) is 4.37. The summed E-state index contributed by atoms with van der Waals surface area (Å²) >= 11 is 5.99. The van der Waals surface area contributed by atoms with Crippen molar-refractivity contribution in [3.63, 3.8) is 0 Å². The van der Waals surface area contributed by atoms with Crippen molar-refractivity contribution >= 4 is 23.3 Å². The van der Waals surface area contributed by atoms with E-state index in [4.69, 9.17) is 11.6 Å². The quantitative estimate of drug-likeness (QED) is 0.908. The van der Waals surface area contributed by atoms with Crippen molar-refractivity contribution in [2.75, 3.05) is 31.1 Å². The number of hydrogen-bond donors (Lipinski definition) is 1. The summed E-state index contributed by atoms with van der Waals surface area (Å²) < 4.78 is 0. The van der Waals surface area contributed by atoms with Crippen molar-refractivity contribution in [1.29, 1.82) is 0 Å². The summed E-state index contributed by atoms with van der Waals surface area (Å²) in [5, 5.41) is 0.650. The Morgan fingerprint density at radius 2 is 2.00 bits per heavy atom. The van der Waals surface area contributed by atoms with Gasteiger partial charge in [-0.3, -0.25) is 9.59 Å². The van der Waals surface area contributed by atoms with Crippen LogP contribution in [0.4, 0.5) is 5.82 Å². The molecule has 120 valence electrons. The number of rotatable bonds is 2. The number of anilines is 1. The summed E-state index contributed by atoms with van der Waals surface area (Å²) in [5.41, 5.74) is 1.03. The highest BCUT2D eigenvalue weighted by atomic mass is 35.5. The van der Waals surface area contributed by atoms with Crippen LogP contribution in [0.2, 0.25) is 5.02 Å². The van der Waals surface area contributed by atoms with Crippen LogP contribution in [0.5, 0.6) is 0 Å². The lowest BCUT2D eigenvalue weighted by molar-refractivity contribution is 0.0745. The Kier molecular flexibility index (Phi) is 4.34. The van der Waals surface area contributed by atoms with E-state index in [-0.39, 0.29) is 11.5 Å². The van der Waals surface area contributed by atoms with Gasteiger partial charge < -0.3 is 14.8 Å². The highest BCUT2D eigenvalue weighted by Crippen LogP contribution is 2.19. The number of nitrogens with zero attached hydrogens (tertiary/aromatic N) is 3. The highest BCUT2D eigenvalue weighted by molar-refractivity contribution is 6.30. The largest absolute Gasteiger partial charge is 0.353 e. The first kappa shape index (κ1) is 15.6. The zero-order valence-corrected chi connectivity index (χ0v) is 13.5. The number of pyridine rings is 2. The minimum atomic E-state index is -0.198. The van der Waals surface area contributed by atoms with E-state index in [1.54, 1.807) is 24.1 Å². The molecule has 0 saturated carbocycles. The molecular formula is C16H17ClN4O2. The van der Waals surface area contributed by atoms with Gasteiger partial charge in [0.15, 0.2) is 0 Å². The number of hydrogen-bond acceptors (Lipinski definition) is 4. The lowest BCUT2D eigenvalue weighted by Gasteiger charge is -2.35. The van der Waals surface area contributed by atoms with Crippen molar-refractivity contribution in [3.05, 3.63) is 57.1 Å². The van der Waals surface area contributed by atoms with Crippen molar-refractivity contribution in [2.45, 2.75) is 6.92 Å². The first-order chi connectivity index (χ1) is 11.0. The molecule has 1 fully saturated rings.